The molecular weight excluding hydrogens is 516 g/mol. The number of carbonyl (C=O) groups excluding carboxylic acids is 2. The van der Waals surface area contributed by atoms with Crippen LogP contribution in [-0.4, -0.2) is 52.1 Å². The van der Waals surface area contributed by atoms with Crippen LogP contribution < -0.4 is 0 Å². The van der Waals surface area contributed by atoms with E-state index in [1.807, 2.05) is 18.2 Å². The smallest absolute Gasteiger partial charge is 0.262 e. The van der Waals surface area contributed by atoms with Gasteiger partial charge in [-0.05, 0) is 53.3 Å². The van der Waals surface area contributed by atoms with Crippen molar-refractivity contribution < 1.29 is 9.59 Å². The molecule has 0 bridgehead atoms. The molecule has 7 rings (SSSR count). The molecule has 0 aliphatic carbocycles. The fraction of sp³-hybridized carbons (Fsp3) is 0.258. The lowest BCUT2D eigenvalue weighted by atomic mass is 9.91. The summed E-state index contributed by atoms with van der Waals surface area (Å²) in [6.45, 7) is 2.15. The van der Waals surface area contributed by atoms with E-state index in [0.717, 1.165) is 53.8 Å². The Kier molecular flexibility index (Phi) is 6.22. The van der Waals surface area contributed by atoms with Crippen LogP contribution in [0, 0.1) is 0 Å². The summed E-state index contributed by atoms with van der Waals surface area (Å²) in [5.74, 6) is 1.59. The number of fused-ring (bicyclic) bond motifs is 2. The average molecular weight is 545 g/mol. The second-order valence-electron chi connectivity index (χ2n) is 10.5. The lowest BCUT2D eigenvalue weighted by molar-refractivity contribution is 0.0542. The molecule has 10 heteroatoms. The van der Waals surface area contributed by atoms with Gasteiger partial charge in [-0.1, -0.05) is 74.0 Å². The van der Waals surface area contributed by atoms with Crippen LogP contribution in [0.3, 0.4) is 0 Å². The van der Waals surface area contributed by atoms with Crippen LogP contribution in [-0.2, 0) is 6.42 Å². The van der Waals surface area contributed by atoms with E-state index in [4.69, 9.17) is 0 Å². The van der Waals surface area contributed by atoms with E-state index in [2.05, 4.69) is 72.6 Å². The van der Waals surface area contributed by atoms with Gasteiger partial charge >= 0.3 is 0 Å². The third-order valence-corrected chi connectivity index (χ3v) is 8.13. The molecule has 10 nitrogen and oxygen atoms in total. The molecule has 0 saturated carbocycles. The minimum Gasteiger partial charge on any atom is -0.306 e. The Morgan fingerprint density at radius 2 is 1.44 bits per heavy atom. The van der Waals surface area contributed by atoms with Crippen LogP contribution in [0.5, 0.6) is 0 Å². The van der Waals surface area contributed by atoms with Crippen LogP contribution in [0.25, 0.3) is 22.5 Å². The lowest BCUT2D eigenvalue weighted by Crippen LogP contribution is -2.39. The molecule has 204 valence electrons. The van der Waals surface area contributed by atoms with Crippen molar-refractivity contribution in [3.8, 4) is 22.5 Å². The van der Waals surface area contributed by atoms with Crippen LogP contribution in [0.1, 0.15) is 82.6 Å². The van der Waals surface area contributed by atoms with Gasteiger partial charge in [0.25, 0.3) is 11.8 Å². The highest BCUT2D eigenvalue weighted by Crippen LogP contribution is 2.42. The number of aromatic nitrogens is 7. The summed E-state index contributed by atoms with van der Waals surface area (Å²) in [6, 6.07) is 23.1. The highest BCUT2D eigenvalue weighted by atomic mass is 16.2. The molecule has 2 aliphatic rings. The molecule has 0 radical (unpaired) electrons. The minimum atomic E-state index is -0.456. The van der Waals surface area contributed by atoms with Gasteiger partial charge in [0.1, 0.15) is 11.9 Å². The van der Waals surface area contributed by atoms with Gasteiger partial charge < -0.3 is 4.57 Å². The van der Waals surface area contributed by atoms with E-state index >= 15 is 0 Å². The van der Waals surface area contributed by atoms with Crippen LogP contribution in [0.15, 0.2) is 72.8 Å². The van der Waals surface area contributed by atoms with Crippen LogP contribution in [0.2, 0.25) is 0 Å². The number of aromatic amines is 1. The van der Waals surface area contributed by atoms with E-state index in [9.17, 15) is 9.59 Å². The van der Waals surface area contributed by atoms with Crippen molar-refractivity contribution in [3.63, 3.8) is 0 Å². The first-order valence-corrected chi connectivity index (χ1v) is 14.0. The van der Waals surface area contributed by atoms with Gasteiger partial charge in [0.15, 0.2) is 5.82 Å². The van der Waals surface area contributed by atoms with Gasteiger partial charge in [-0.3, -0.25) is 14.5 Å². The Morgan fingerprint density at radius 3 is 2.10 bits per heavy atom. The first-order chi connectivity index (χ1) is 20.2. The number of H-pyrrole nitrogens is 1. The van der Waals surface area contributed by atoms with Crippen molar-refractivity contribution in [2.45, 2.75) is 51.1 Å². The maximum absolute atomic E-state index is 13.4. The van der Waals surface area contributed by atoms with Gasteiger partial charge in [0.05, 0.1) is 17.2 Å². The standard InChI is InChI=1S/C31H28N8O2/c1-2-3-12-27-32-35-29-26(39-30(40)23-10-6-7-11-24(23)31(39)41)18-17-25(38(27)29)20-15-13-19(14-16-20)21-8-4-5-9-22(21)28-33-36-37-34-28/h4-11,13-16,25-26H,2-3,12,17-18H2,1H3,(H,33,34,36,37). The summed E-state index contributed by atoms with van der Waals surface area (Å²) in [5, 5.41) is 23.7. The zero-order valence-electron chi connectivity index (χ0n) is 22.6. The molecule has 1 N–H and O–H groups in total. The summed E-state index contributed by atoms with van der Waals surface area (Å²) < 4.78 is 2.18. The molecule has 2 aliphatic heterocycles. The average Bonchev–Trinajstić information content (AvgIpc) is 3.76. The molecule has 2 amide bonds. The van der Waals surface area contributed by atoms with Crippen LogP contribution in [0.4, 0.5) is 0 Å². The van der Waals surface area contributed by atoms with Gasteiger partial charge in [0.2, 0.25) is 5.82 Å². The lowest BCUT2D eigenvalue weighted by Gasteiger charge is -2.35. The quantitative estimate of drug-likeness (QED) is 0.280. The normalized spacial score (nSPS) is 18.0. The first kappa shape index (κ1) is 25.0. The van der Waals surface area contributed by atoms with E-state index in [-0.39, 0.29) is 17.9 Å². The molecule has 4 heterocycles. The van der Waals surface area contributed by atoms with E-state index < -0.39 is 6.04 Å². The highest BCUT2D eigenvalue weighted by molar-refractivity contribution is 6.21. The molecule has 2 unspecified atom stereocenters. The topological polar surface area (TPSA) is 123 Å². The highest BCUT2D eigenvalue weighted by Gasteiger charge is 2.45. The maximum Gasteiger partial charge on any atom is 0.262 e. The summed E-state index contributed by atoms with van der Waals surface area (Å²) >= 11 is 0. The SMILES string of the molecule is CCCCc1nnc2n1C(c1ccc(-c3ccccc3-c3nn[nH]n3)cc1)CCC2N1C(=O)c2ccccc2C1=O. The number of imide groups is 1. The monoisotopic (exact) mass is 544 g/mol. The summed E-state index contributed by atoms with van der Waals surface area (Å²) in [5.41, 5.74) is 5.00. The largest absolute Gasteiger partial charge is 0.306 e. The summed E-state index contributed by atoms with van der Waals surface area (Å²) in [4.78, 5) is 28.1. The van der Waals surface area contributed by atoms with Gasteiger partial charge in [-0.2, -0.15) is 5.21 Å². The zero-order valence-corrected chi connectivity index (χ0v) is 22.6. The molecule has 5 aromatic rings. The van der Waals surface area contributed by atoms with E-state index in [1.165, 1.54) is 4.90 Å². The molecule has 2 aromatic heterocycles. The van der Waals surface area contributed by atoms with Gasteiger partial charge in [-0.15, -0.1) is 20.4 Å². The molecular formula is C31H28N8O2. The number of aryl methyl sites for hydroxylation is 1. The summed E-state index contributed by atoms with van der Waals surface area (Å²) in [6.07, 6.45) is 4.16. The number of hydrogen-bond donors (Lipinski definition) is 1. The number of carbonyl (C=O) groups is 2. The number of unbranched alkanes of at least 4 members (excludes halogenated alkanes) is 1. The number of hydrogen-bond acceptors (Lipinski definition) is 7. The van der Waals surface area contributed by atoms with Crippen molar-refractivity contribution in [2.75, 3.05) is 0 Å². The second-order valence-corrected chi connectivity index (χ2v) is 10.5. The molecule has 41 heavy (non-hydrogen) atoms. The van der Waals surface area contributed by atoms with E-state index in [1.54, 1.807) is 24.3 Å². The van der Waals surface area contributed by atoms with Crippen molar-refractivity contribution in [2.24, 2.45) is 0 Å². The first-order valence-electron chi connectivity index (χ1n) is 14.0. The number of benzene rings is 3. The Morgan fingerprint density at radius 1 is 0.780 bits per heavy atom. The molecule has 2 atom stereocenters. The Bertz CT molecular complexity index is 1710. The molecule has 3 aromatic carbocycles. The third kappa shape index (κ3) is 4.14. The molecule has 0 fully saturated rings. The number of tetrazole rings is 1. The fourth-order valence-electron chi connectivity index (χ4n) is 6.13. The molecule has 0 spiro atoms. The van der Waals surface area contributed by atoms with Crippen LogP contribution >= 0.6 is 0 Å². The maximum atomic E-state index is 13.4. The predicted molar refractivity (Wildman–Crippen MR) is 151 cm³/mol. The third-order valence-electron chi connectivity index (χ3n) is 8.13. The Labute approximate surface area is 236 Å². The van der Waals surface area contributed by atoms with Crippen molar-refractivity contribution in [1.29, 1.82) is 0 Å². The Hall–Kier alpha value is -4.99. The van der Waals surface area contributed by atoms with Crippen molar-refractivity contribution in [3.05, 3.63) is 101 Å². The summed E-state index contributed by atoms with van der Waals surface area (Å²) in [7, 11) is 0. The predicted octanol–water partition coefficient (Wildman–Crippen LogP) is 5.19. The zero-order chi connectivity index (χ0) is 27.9. The second kappa shape index (κ2) is 10.2. The van der Waals surface area contributed by atoms with E-state index in [0.29, 0.717) is 29.2 Å². The fourth-order valence-corrected chi connectivity index (χ4v) is 6.13. The number of nitrogens with one attached hydrogen (secondary N) is 1. The van der Waals surface area contributed by atoms with Gasteiger partial charge in [-0.25, -0.2) is 0 Å². The number of rotatable bonds is 7. The number of nitrogens with zero attached hydrogens (tertiary/aromatic N) is 7. The van der Waals surface area contributed by atoms with Crippen molar-refractivity contribution >= 4 is 11.8 Å². The number of amides is 2. The molecule has 0 saturated heterocycles. The minimum absolute atomic E-state index is 0.000195. The van der Waals surface area contributed by atoms with Crippen molar-refractivity contribution in [1.82, 2.24) is 40.3 Å². The Balaban J connectivity index is 1.24. The van der Waals surface area contributed by atoms with Gasteiger partial charge in [0, 0.05) is 12.0 Å².